The summed E-state index contributed by atoms with van der Waals surface area (Å²) in [6, 6.07) is 0. The number of phosphoric acid groups is 1. The summed E-state index contributed by atoms with van der Waals surface area (Å²) in [5, 5.41) is 26.4. The van der Waals surface area contributed by atoms with Crippen molar-refractivity contribution in [3.05, 3.63) is 0 Å². The fourth-order valence-corrected chi connectivity index (χ4v) is 0.910. The summed E-state index contributed by atoms with van der Waals surface area (Å²) in [4.78, 5) is 29.8. The van der Waals surface area contributed by atoms with Gasteiger partial charge in [-0.05, 0) is 0 Å². The summed E-state index contributed by atoms with van der Waals surface area (Å²) >= 11 is 0. The number of carbonyl (C=O) groups is 1. The molecule has 0 aromatic rings. The van der Waals surface area contributed by atoms with Crippen LogP contribution in [0.5, 0.6) is 0 Å². The molecule has 16 heavy (non-hydrogen) atoms. The van der Waals surface area contributed by atoms with Gasteiger partial charge in [-0.15, -0.1) is 0 Å². The molecular weight excluding hydrogens is 297 g/mol. The van der Waals surface area contributed by atoms with Crippen LogP contribution >= 0.6 is 7.82 Å². The second kappa shape index (κ2) is 11.7. The van der Waals surface area contributed by atoms with Gasteiger partial charge in [0.1, 0.15) is 18.3 Å². The van der Waals surface area contributed by atoms with Crippen molar-refractivity contribution in [3.8, 4) is 0 Å². The SMILES string of the molecule is O=C[C@@H](O)[C@H](O)[C@H](O)COP(=O)([O-])[O-].[K+].[K+]. The Morgan fingerprint density at radius 1 is 1.25 bits per heavy atom. The van der Waals surface area contributed by atoms with E-state index in [2.05, 4.69) is 4.52 Å². The van der Waals surface area contributed by atoms with Crippen molar-refractivity contribution in [1.29, 1.82) is 0 Å². The van der Waals surface area contributed by atoms with E-state index in [0.717, 1.165) is 0 Å². The number of hydrogen-bond acceptors (Lipinski definition) is 8. The molecule has 0 saturated heterocycles. The average molecular weight is 306 g/mol. The molecule has 3 atom stereocenters. The molecule has 0 heterocycles. The van der Waals surface area contributed by atoms with Crippen LogP contribution in [0.15, 0.2) is 0 Å². The van der Waals surface area contributed by atoms with Gasteiger partial charge in [-0.2, -0.15) is 0 Å². The molecule has 0 aliphatic heterocycles. The molecule has 0 amide bonds. The van der Waals surface area contributed by atoms with Crippen LogP contribution in [0.1, 0.15) is 0 Å². The van der Waals surface area contributed by atoms with Crippen molar-refractivity contribution in [2.24, 2.45) is 0 Å². The third kappa shape index (κ3) is 12.0. The smallest absolute Gasteiger partial charge is 0.790 e. The zero-order valence-corrected chi connectivity index (χ0v) is 16.0. The maximum atomic E-state index is 9.92. The van der Waals surface area contributed by atoms with Crippen LogP contribution < -0.4 is 113 Å². The first-order valence-electron chi connectivity index (χ1n) is 3.44. The largest absolute Gasteiger partial charge is 1.00 e. The molecule has 0 aliphatic rings. The minimum absolute atomic E-state index is 0. The number of phosphoric ester groups is 1. The number of rotatable bonds is 6. The van der Waals surface area contributed by atoms with Gasteiger partial charge < -0.3 is 39.0 Å². The Labute approximate surface area is 177 Å². The summed E-state index contributed by atoms with van der Waals surface area (Å²) in [6.07, 6.45) is -5.67. The van der Waals surface area contributed by atoms with Crippen LogP contribution in [0.3, 0.4) is 0 Å². The van der Waals surface area contributed by atoms with E-state index in [4.69, 9.17) is 15.3 Å². The second-order valence-electron chi connectivity index (χ2n) is 2.43. The molecule has 0 rings (SSSR count). The summed E-state index contributed by atoms with van der Waals surface area (Å²) in [5.74, 6) is 0. The van der Waals surface area contributed by atoms with Gasteiger partial charge in [0.2, 0.25) is 0 Å². The van der Waals surface area contributed by atoms with Gasteiger partial charge >= 0.3 is 103 Å². The zero-order valence-electron chi connectivity index (χ0n) is 8.85. The van der Waals surface area contributed by atoms with E-state index >= 15 is 0 Å². The minimum atomic E-state index is -5.24. The number of aldehydes is 1. The van der Waals surface area contributed by atoms with Crippen LogP contribution in [0.4, 0.5) is 0 Å². The van der Waals surface area contributed by atoms with Gasteiger partial charge in [0, 0.05) is 0 Å². The molecule has 0 aromatic heterocycles. The van der Waals surface area contributed by atoms with E-state index in [1.54, 1.807) is 0 Å². The molecule has 0 aromatic carbocycles. The quantitative estimate of drug-likeness (QED) is 0.249. The summed E-state index contributed by atoms with van der Waals surface area (Å²) < 4.78 is 13.5. The zero-order chi connectivity index (χ0) is 11.4. The topological polar surface area (TPSA) is 150 Å². The number of carbonyl (C=O) groups excluding carboxylic acids is 1. The molecule has 0 radical (unpaired) electrons. The molecular formula is C5H9K2O8P. The van der Waals surface area contributed by atoms with Crippen LogP contribution in [-0.4, -0.2) is 46.5 Å². The molecule has 0 unspecified atom stereocenters. The number of aliphatic hydroxyl groups excluding tert-OH is 3. The normalized spacial score (nSPS) is 16.3. The first-order chi connectivity index (χ1) is 6.28. The molecule has 0 saturated carbocycles. The molecule has 8 nitrogen and oxygen atoms in total. The van der Waals surface area contributed by atoms with E-state index in [1.807, 2.05) is 0 Å². The number of aliphatic hydroxyl groups is 3. The fourth-order valence-electron chi connectivity index (χ4n) is 0.574. The molecule has 0 aliphatic carbocycles. The third-order valence-corrected chi connectivity index (χ3v) is 1.75. The van der Waals surface area contributed by atoms with E-state index in [9.17, 15) is 19.1 Å². The summed E-state index contributed by atoms with van der Waals surface area (Å²) in [6.45, 7) is -1.02. The maximum Gasteiger partial charge on any atom is 1.00 e. The van der Waals surface area contributed by atoms with E-state index < -0.39 is 32.7 Å². The molecule has 0 spiro atoms. The first kappa shape index (κ1) is 24.0. The van der Waals surface area contributed by atoms with E-state index in [1.165, 1.54) is 0 Å². The van der Waals surface area contributed by atoms with E-state index in [0.29, 0.717) is 0 Å². The second-order valence-corrected chi connectivity index (χ2v) is 3.58. The van der Waals surface area contributed by atoms with Crippen LogP contribution in [0.25, 0.3) is 0 Å². The van der Waals surface area contributed by atoms with Crippen LogP contribution in [0.2, 0.25) is 0 Å². The standard InChI is InChI=1S/C5H11O8P.2K/c6-1-3(7)5(9)4(8)2-13-14(10,11)12;;/h1,3-5,7-9H,2H2,(H2,10,11,12);;/q;2*+1/p-2/t3-,4-,5+;;/m1../s1. The third-order valence-electron chi connectivity index (χ3n) is 1.29. The van der Waals surface area contributed by atoms with E-state index in [-0.39, 0.29) is 109 Å². The Bertz CT molecular complexity index is 232. The van der Waals surface area contributed by atoms with Crippen molar-refractivity contribution in [3.63, 3.8) is 0 Å². The van der Waals surface area contributed by atoms with Crippen molar-refractivity contribution >= 4 is 14.1 Å². The van der Waals surface area contributed by atoms with Gasteiger partial charge in [0.05, 0.1) is 14.4 Å². The fraction of sp³-hybridized carbons (Fsp3) is 0.800. The predicted octanol–water partition coefficient (Wildman–Crippen LogP) is -9.88. The Balaban J connectivity index is -0.000000845. The van der Waals surface area contributed by atoms with Gasteiger partial charge in [0.25, 0.3) is 0 Å². The first-order valence-corrected chi connectivity index (χ1v) is 4.90. The monoisotopic (exact) mass is 306 g/mol. The summed E-state index contributed by atoms with van der Waals surface area (Å²) in [5.41, 5.74) is 0. The van der Waals surface area contributed by atoms with Crippen molar-refractivity contribution in [2.75, 3.05) is 6.61 Å². The van der Waals surface area contributed by atoms with Gasteiger partial charge in [0.15, 0.2) is 6.29 Å². The predicted molar refractivity (Wildman–Crippen MR) is 37.6 cm³/mol. The Hall–Kier alpha value is 2.93. The van der Waals surface area contributed by atoms with Gasteiger partial charge in [-0.1, -0.05) is 0 Å². The summed E-state index contributed by atoms with van der Waals surface area (Å²) in [7, 11) is -5.24. The van der Waals surface area contributed by atoms with Crippen molar-refractivity contribution < 1.29 is 142 Å². The molecule has 0 bridgehead atoms. The maximum absolute atomic E-state index is 9.92. The minimum Gasteiger partial charge on any atom is -0.790 e. The molecule has 0 fully saturated rings. The molecule has 84 valence electrons. The molecule has 11 heteroatoms. The Morgan fingerprint density at radius 2 is 1.69 bits per heavy atom. The van der Waals surface area contributed by atoms with Crippen LogP contribution in [-0.2, 0) is 13.9 Å². The average Bonchev–Trinajstić information content (AvgIpc) is 2.10. The van der Waals surface area contributed by atoms with Gasteiger partial charge in [-0.25, -0.2) is 0 Å². The van der Waals surface area contributed by atoms with Crippen LogP contribution in [0, 0.1) is 0 Å². The number of hydrogen-bond donors (Lipinski definition) is 3. The van der Waals surface area contributed by atoms with Crippen molar-refractivity contribution in [1.82, 2.24) is 0 Å². The Morgan fingerprint density at radius 3 is 2.00 bits per heavy atom. The Kier molecular flexibility index (Phi) is 17.6. The van der Waals surface area contributed by atoms with Crippen molar-refractivity contribution in [2.45, 2.75) is 18.3 Å². The van der Waals surface area contributed by atoms with Gasteiger partial charge in [-0.3, -0.25) is 0 Å². The molecule has 3 N–H and O–H groups in total.